The lowest BCUT2D eigenvalue weighted by Gasteiger charge is -2.20. The molecule has 0 atom stereocenters. The number of hydrogen-bond acceptors (Lipinski definition) is 3. The SMILES string of the molecule is CCNC(=NCc1ccc(CS(C)(=O)=O)cc1)N1CCCC1. The number of aliphatic imine (C=N–C) groups is 1. The number of sulfone groups is 1. The Balaban J connectivity index is 2.00. The molecule has 1 aromatic rings. The number of nitrogens with one attached hydrogen (secondary N) is 1. The highest BCUT2D eigenvalue weighted by molar-refractivity contribution is 7.89. The van der Waals surface area contributed by atoms with Crippen LogP contribution in [-0.2, 0) is 22.1 Å². The summed E-state index contributed by atoms with van der Waals surface area (Å²) in [6.07, 6.45) is 3.71. The van der Waals surface area contributed by atoms with Gasteiger partial charge in [-0.15, -0.1) is 0 Å². The van der Waals surface area contributed by atoms with Gasteiger partial charge in [-0.3, -0.25) is 0 Å². The van der Waals surface area contributed by atoms with Crippen molar-refractivity contribution in [2.75, 3.05) is 25.9 Å². The minimum absolute atomic E-state index is 0.0902. The first-order chi connectivity index (χ1) is 10.5. The molecule has 0 aromatic heterocycles. The van der Waals surface area contributed by atoms with Crippen LogP contribution in [0.1, 0.15) is 30.9 Å². The third kappa shape index (κ3) is 5.33. The highest BCUT2D eigenvalue weighted by Crippen LogP contribution is 2.11. The van der Waals surface area contributed by atoms with Crippen LogP contribution < -0.4 is 5.32 Å². The summed E-state index contributed by atoms with van der Waals surface area (Å²) in [6.45, 7) is 5.68. The van der Waals surface area contributed by atoms with E-state index in [9.17, 15) is 8.42 Å². The smallest absolute Gasteiger partial charge is 0.194 e. The van der Waals surface area contributed by atoms with Gasteiger partial charge in [0.25, 0.3) is 0 Å². The summed E-state index contributed by atoms with van der Waals surface area (Å²) < 4.78 is 22.6. The van der Waals surface area contributed by atoms with E-state index < -0.39 is 9.84 Å². The van der Waals surface area contributed by atoms with E-state index in [1.807, 2.05) is 24.3 Å². The number of rotatable bonds is 5. The normalized spacial score (nSPS) is 16.1. The molecule has 0 aliphatic carbocycles. The van der Waals surface area contributed by atoms with E-state index in [1.165, 1.54) is 19.1 Å². The molecule has 2 rings (SSSR count). The second-order valence-electron chi connectivity index (χ2n) is 5.75. The van der Waals surface area contributed by atoms with E-state index in [0.29, 0.717) is 6.54 Å². The summed E-state index contributed by atoms with van der Waals surface area (Å²) in [5.41, 5.74) is 1.91. The van der Waals surface area contributed by atoms with E-state index >= 15 is 0 Å². The van der Waals surface area contributed by atoms with Crippen LogP contribution in [-0.4, -0.2) is 45.2 Å². The summed E-state index contributed by atoms with van der Waals surface area (Å²) in [4.78, 5) is 6.98. The van der Waals surface area contributed by atoms with E-state index in [-0.39, 0.29) is 5.75 Å². The van der Waals surface area contributed by atoms with Gasteiger partial charge in [0, 0.05) is 25.9 Å². The first-order valence-electron chi connectivity index (χ1n) is 7.77. The third-order valence-corrected chi connectivity index (χ3v) is 4.46. The third-order valence-electron chi connectivity index (χ3n) is 3.60. The Morgan fingerprint density at radius 1 is 1.18 bits per heavy atom. The Labute approximate surface area is 133 Å². The zero-order valence-electron chi connectivity index (χ0n) is 13.4. The summed E-state index contributed by atoms with van der Waals surface area (Å²) in [5.74, 6) is 1.06. The minimum atomic E-state index is -2.98. The molecule has 1 aromatic carbocycles. The van der Waals surface area contributed by atoms with Crippen molar-refractivity contribution < 1.29 is 8.42 Å². The molecule has 5 nitrogen and oxygen atoms in total. The molecular formula is C16H25N3O2S. The number of hydrogen-bond donors (Lipinski definition) is 1. The van der Waals surface area contributed by atoms with Crippen molar-refractivity contribution in [2.45, 2.75) is 32.1 Å². The molecule has 0 unspecified atom stereocenters. The van der Waals surface area contributed by atoms with E-state index in [0.717, 1.165) is 36.7 Å². The van der Waals surface area contributed by atoms with Gasteiger partial charge in [-0.1, -0.05) is 24.3 Å². The maximum atomic E-state index is 11.3. The quantitative estimate of drug-likeness (QED) is 0.663. The molecule has 22 heavy (non-hydrogen) atoms. The largest absolute Gasteiger partial charge is 0.357 e. The van der Waals surface area contributed by atoms with Crippen LogP contribution in [0.4, 0.5) is 0 Å². The average Bonchev–Trinajstić information content (AvgIpc) is 2.97. The van der Waals surface area contributed by atoms with Crippen LogP contribution in [0.3, 0.4) is 0 Å². The summed E-state index contributed by atoms with van der Waals surface area (Å²) in [7, 11) is -2.98. The van der Waals surface area contributed by atoms with Crippen LogP contribution in [0.15, 0.2) is 29.3 Å². The number of guanidine groups is 1. The Bertz CT molecular complexity index is 603. The van der Waals surface area contributed by atoms with Gasteiger partial charge in [0.1, 0.15) is 0 Å². The van der Waals surface area contributed by atoms with Gasteiger partial charge in [0.05, 0.1) is 12.3 Å². The number of likely N-dealkylation sites (tertiary alicyclic amines) is 1. The molecule has 6 heteroatoms. The van der Waals surface area contributed by atoms with Crippen LogP contribution in [0.25, 0.3) is 0 Å². The fraction of sp³-hybridized carbons (Fsp3) is 0.562. The predicted octanol–water partition coefficient (Wildman–Crippen LogP) is 1.79. The zero-order valence-corrected chi connectivity index (χ0v) is 14.2. The van der Waals surface area contributed by atoms with Gasteiger partial charge < -0.3 is 10.2 Å². The lowest BCUT2D eigenvalue weighted by molar-refractivity contribution is 0.493. The van der Waals surface area contributed by atoms with Crippen molar-refractivity contribution in [2.24, 2.45) is 4.99 Å². The first-order valence-corrected chi connectivity index (χ1v) is 9.83. The van der Waals surface area contributed by atoms with Gasteiger partial charge in [0.2, 0.25) is 0 Å². The van der Waals surface area contributed by atoms with Crippen molar-refractivity contribution in [3.8, 4) is 0 Å². The second kappa shape index (κ2) is 7.63. The molecule has 0 radical (unpaired) electrons. The van der Waals surface area contributed by atoms with Crippen LogP contribution in [0.2, 0.25) is 0 Å². The standard InChI is InChI=1S/C16H25N3O2S/c1-3-17-16(19-10-4-5-11-19)18-12-14-6-8-15(9-7-14)13-22(2,20)21/h6-9H,3-5,10-13H2,1-2H3,(H,17,18). The van der Waals surface area contributed by atoms with E-state index in [2.05, 4.69) is 22.1 Å². The van der Waals surface area contributed by atoms with Crippen LogP contribution >= 0.6 is 0 Å². The molecule has 1 saturated heterocycles. The van der Waals surface area contributed by atoms with Gasteiger partial charge >= 0.3 is 0 Å². The second-order valence-corrected chi connectivity index (χ2v) is 7.89. The maximum absolute atomic E-state index is 11.3. The monoisotopic (exact) mass is 323 g/mol. The lowest BCUT2D eigenvalue weighted by atomic mass is 10.1. The van der Waals surface area contributed by atoms with Gasteiger partial charge in [-0.25, -0.2) is 13.4 Å². The molecule has 1 N–H and O–H groups in total. The van der Waals surface area contributed by atoms with Crippen LogP contribution in [0, 0.1) is 0 Å². The molecule has 1 fully saturated rings. The fourth-order valence-corrected chi connectivity index (χ4v) is 3.36. The lowest BCUT2D eigenvalue weighted by Crippen LogP contribution is -2.39. The van der Waals surface area contributed by atoms with Crippen molar-refractivity contribution >= 4 is 15.8 Å². The highest BCUT2D eigenvalue weighted by Gasteiger charge is 2.15. The molecule has 0 spiro atoms. The van der Waals surface area contributed by atoms with E-state index in [4.69, 9.17) is 0 Å². The van der Waals surface area contributed by atoms with Gasteiger partial charge in [-0.2, -0.15) is 0 Å². The molecule has 0 amide bonds. The zero-order chi connectivity index (χ0) is 16.0. The van der Waals surface area contributed by atoms with Crippen molar-refractivity contribution in [1.29, 1.82) is 0 Å². The Kier molecular flexibility index (Phi) is 5.83. The Morgan fingerprint density at radius 3 is 2.32 bits per heavy atom. The molecule has 1 aliphatic heterocycles. The molecular weight excluding hydrogens is 298 g/mol. The average molecular weight is 323 g/mol. The molecule has 0 saturated carbocycles. The fourth-order valence-electron chi connectivity index (χ4n) is 2.56. The first kappa shape index (κ1) is 16.8. The summed E-state index contributed by atoms with van der Waals surface area (Å²) in [5, 5.41) is 3.33. The molecule has 1 heterocycles. The van der Waals surface area contributed by atoms with Crippen molar-refractivity contribution in [3.63, 3.8) is 0 Å². The Hall–Kier alpha value is -1.56. The number of benzene rings is 1. The van der Waals surface area contributed by atoms with Gasteiger partial charge in [0.15, 0.2) is 15.8 Å². The maximum Gasteiger partial charge on any atom is 0.194 e. The van der Waals surface area contributed by atoms with Crippen molar-refractivity contribution in [3.05, 3.63) is 35.4 Å². The minimum Gasteiger partial charge on any atom is -0.357 e. The molecule has 122 valence electrons. The van der Waals surface area contributed by atoms with Crippen molar-refractivity contribution in [1.82, 2.24) is 10.2 Å². The highest BCUT2D eigenvalue weighted by atomic mass is 32.2. The molecule has 1 aliphatic rings. The van der Waals surface area contributed by atoms with Crippen LogP contribution in [0.5, 0.6) is 0 Å². The number of nitrogens with zero attached hydrogens (tertiary/aromatic N) is 2. The predicted molar refractivity (Wildman–Crippen MR) is 90.6 cm³/mol. The summed E-state index contributed by atoms with van der Waals surface area (Å²) in [6, 6.07) is 7.65. The Morgan fingerprint density at radius 2 is 1.77 bits per heavy atom. The topological polar surface area (TPSA) is 61.8 Å². The van der Waals surface area contributed by atoms with Gasteiger partial charge in [-0.05, 0) is 30.9 Å². The summed E-state index contributed by atoms with van der Waals surface area (Å²) >= 11 is 0. The molecule has 0 bridgehead atoms. The van der Waals surface area contributed by atoms with E-state index in [1.54, 1.807) is 0 Å².